The number of hydrogen-bond acceptors (Lipinski definition) is 7. The molecule has 1 aliphatic heterocycles. The van der Waals surface area contributed by atoms with Crippen molar-refractivity contribution >= 4 is 10.0 Å². The summed E-state index contributed by atoms with van der Waals surface area (Å²) >= 11 is 0. The van der Waals surface area contributed by atoms with Crippen molar-refractivity contribution in [3.05, 3.63) is 42.0 Å². The Kier molecular flexibility index (Phi) is 4.83. The molecule has 1 aliphatic rings. The number of methoxy groups -OCH3 is 1. The Morgan fingerprint density at radius 3 is 2.75 bits per heavy atom. The van der Waals surface area contributed by atoms with Crippen LogP contribution in [-0.2, 0) is 21.4 Å². The summed E-state index contributed by atoms with van der Waals surface area (Å²) in [5.41, 5.74) is 0. The van der Waals surface area contributed by atoms with Gasteiger partial charge in [0.25, 0.3) is 0 Å². The van der Waals surface area contributed by atoms with Crippen LogP contribution < -0.4 is 4.74 Å². The third kappa shape index (κ3) is 3.74. The second-order valence-corrected chi connectivity index (χ2v) is 7.53. The largest absolute Gasteiger partial charge is 0.485 e. The molecule has 0 spiro atoms. The van der Waals surface area contributed by atoms with Gasteiger partial charge in [-0.1, -0.05) is 23.4 Å². The molecule has 0 aliphatic carbocycles. The van der Waals surface area contributed by atoms with E-state index in [-0.39, 0.29) is 25.1 Å². The number of benzene rings is 1. The molecule has 0 bridgehead atoms. The minimum Gasteiger partial charge on any atom is -0.485 e. The standard InChI is InChI=1S/C15H19N3O5S/c1-21-12-8-13(18(9-12)24(2,19)20)15-16-14(17-23-15)10-22-11-6-4-3-5-7-11/h3-7,12-13H,8-10H2,1-2H3/t12-,13+/m0/s1. The third-order valence-corrected chi connectivity index (χ3v) is 5.11. The smallest absolute Gasteiger partial charge is 0.245 e. The first-order chi connectivity index (χ1) is 11.5. The van der Waals surface area contributed by atoms with Crippen LogP contribution in [0.25, 0.3) is 0 Å². The van der Waals surface area contributed by atoms with E-state index in [9.17, 15) is 8.42 Å². The molecule has 0 N–H and O–H groups in total. The Labute approximate surface area is 140 Å². The van der Waals surface area contributed by atoms with Gasteiger partial charge >= 0.3 is 0 Å². The van der Waals surface area contributed by atoms with Crippen LogP contribution in [0.15, 0.2) is 34.9 Å². The molecule has 0 radical (unpaired) electrons. The van der Waals surface area contributed by atoms with Crippen LogP contribution >= 0.6 is 0 Å². The van der Waals surface area contributed by atoms with Gasteiger partial charge in [0.1, 0.15) is 11.8 Å². The van der Waals surface area contributed by atoms with Crippen LogP contribution in [0.5, 0.6) is 5.75 Å². The quantitative estimate of drug-likeness (QED) is 0.774. The van der Waals surface area contributed by atoms with Crippen molar-refractivity contribution in [2.75, 3.05) is 19.9 Å². The highest BCUT2D eigenvalue weighted by Gasteiger charge is 2.41. The number of nitrogens with zero attached hydrogens (tertiary/aromatic N) is 3. The van der Waals surface area contributed by atoms with E-state index in [0.29, 0.717) is 18.0 Å². The predicted octanol–water partition coefficient (Wildman–Crippen LogP) is 1.37. The van der Waals surface area contributed by atoms with Crippen molar-refractivity contribution in [2.45, 2.75) is 25.2 Å². The van der Waals surface area contributed by atoms with Gasteiger partial charge < -0.3 is 14.0 Å². The molecular formula is C15H19N3O5S. The zero-order valence-electron chi connectivity index (χ0n) is 13.5. The van der Waals surface area contributed by atoms with Crippen LogP contribution in [0.4, 0.5) is 0 Å². The highest BCUT2D eigenvalue weighted by Crippen LogP contribution is 2.34. The molecular weight excluding hydrogens is 334 g/mol. The number of para-hydroxylation sites is 1. The van der Waals surface area contributed by atoms with Gasteiger partial charge in [-0.3, -0.25) is 0 Å². The van der Waals surface area contributed by atoms with Crippen LogP contribution in [0, 0.1) is 0 Å². The van der Waals surface area contributed by atoms with Crippen LogP contribution in [0.1, 0.15) is 24.2 Å². The first kappa shape index (κ1) is 16.9. The molecule has 0 unspecified atom stereocenters. The lowest BCUT2D eigenvalue weighted by Gasteiger charge is -2.18. The molecule has 130 valence electrons. The fourth-order valence-corrected chi connectivity index (χ4v) is 3.73. The molecule has 2 atom stereocenters. The first-order valence-electron chi connectivity index (χ1n) is 7.47. The number of aromatic nitrogens is 2. The van der Waals surface area contributed by atoms with Crippen LogP contribution in [0.3, 0.4) is 0 Å². The monoisotopic (exact) mass is 353 g/mol. The molecule has 0 amide bonds. The second kappa shape index (κ2) is 6.88. The molecule has 24 heavy (non-hydrogen) atoms. The Balaban J connectivity index is 1.72. The maximum absolute atomic E-state index is 12.0. The highest BCUT2D eigenvalue weighted by atomic mass is 32.2. The summed E-state index contributed by atoms with van der Waals surface area (Å²) < 4.78 is 41.3. The number of sulfonamides is 1. The molecule has 2 aromatic rings. The molecule has 9 heteroatoms. The van der Waals surface area contributed by atoms with E-state index < -0.39 is 16.1 Å². The second-order valence-electron chi connectivity index (χ2n) is 5.59. The van der Waals surface area contributed by atoms with E-state index in [1.165, 1.54) is 4.31 Å². The van der Waals surface area contributed by atoms with Crippen LogP contribution in [0.2, 0.25) is 0 Å². The maximum Gasteiger partial charge on any atom is 0.245 e. The van der Waals surface area contributed by atoms with E-state index in [4.69, 9.17) is 14.0 Å². The molecule has 2 heterocycles. The molecule has 1 aromatic heterocycles. The zero-order chi connectivity index (χ0) is 17.2. The summed E-state index contributed by atoms with van der Waals surface area (Å²) in [4.78, 5) is 4.28. The van der Waals surface area contributed by atoms with Gasteiger partial charge in [-0.05, 0) is 12.1 Å². The number of hydrogen-bond donors (Lipinski definition) is 0. The van der Waals surface area contributed by atoms with E-state index in [2.05, 4.69) is 10.1 Å². The van der Waals surface area contributed by atoms with Crippen molar-refractivity contribution in [3.63, 3.8) is 0 Å². The molecule has 3 rings (SSSR count). The fraction of sp³-hybridized carbons (Fsp3) is 0.467. The van der Waals surface area contributed by atoms with E-state index in [0.717, 1.165) is 6.26 Å². The summed E-state index contributed by atoms with van der Waals surface area (Å²) in [5.74, 6) is 1.32. The normalized spacial score (nSPS) is 21.9. The van der Waals surface area contributed by atoms with Gasteiger partial charge in [-0.25, -0.2) is 8.42 Å². The zero-order valence-corrected chi connectivity index (χ0v) is 14.3. The molecule has 8 nitrogen and oxygen atoms in total. The Bertz CT molecular complexity index is 777. The average molecular weight is 353 g/mol. The average Bonchev–Trinajstić information content (AvgIpc) is 3.20. The van der Waals surface area contributed by atoms with Crippen molar-refractivity contribution in [3.8, 4) is 5.75 Å². The predicted molar refractivity (Wildman–Crippen MR) is 84.8 cm³/mol. The SMILES string of the molecule is CO[C@H]1C[C@H](c2nc(COc3ccccc3)no2)N(S(C)(=O)=O)C1. The maximum atomic E-state index is 12.0. The summed E-state index contributed by atoms with van der Waals surface area (Å²) in [6.07, 6.45) is 1.44. The summed E-state index contributed by atoms with van der Waals surface area (Å²) in [5, 5.41) is 3.87. The van der Waals surface area contributed by atoms with Crippen molar-refractivity contribution < 1.29 is 22.4 Å². The fourth-order valence-electron chi connectivity index (χ4n) is 2.66. The summed E-state index contributed by atoms with van der Waals surface area (Å²) in [7, 11) is -1.84. The van der Waals surface area contributed by atoms with Gasteiger partial charge in [0.15, 0.2) is 6.61 Å². The Hall–Kier alpha value is -1.97. The van der Waals surface area contributed by atoms with Gasteiger partial charge in [-0.2, -0.15) is 9.29 Å². The molecule has 0 saturated carbocycles. The van der Waals surface area contributed by atoms with Gasteiger partial charge in [-0.15, -0.1) is 0 Å². The lowest BCUT2D eigenvalue weighted by molar-refractivity contribution is 0.114. The van der Waals surface area contributed by atoms with E-state index in [1.54, 1.807) is 7.11 Å². The minimum atomic E-state index is -3.39. The Morgan fingerprint density at radius 1 is 1.33 bits per heavy atom. The highest BCUT2D eigenvalue weighted by molar-refractivity contribution is 7.88. The van der Waals surface area contributed by atoms with Gasteiger partial charge in [0.2, 0.25) is 21.7 Å². The first-order valence-corrected chi connectivity index (χ1v) is 9.32. The summed E-state index contributed by atoms with van der Waals surface area (Å²) in [6, 6.07) is 8.77. The van der Waals surface area contributed by atoms with Crippen molar-refractivity contribution in [2.24, 2.45) is 0 Å². The lowest BCUT2D eigenvalue weighted by atomic mass is 10.2. The number of ether oxygens (including phenoxy) is 2. The van der Waals surface area contributed by atoms with Crippen molar-refractivity contribution in [1.82, 2.24) is 14.4 Å². The topological polar surface area (TPSA) is 94.8 Å². The molecule has 1 fully saturated rings. The molecule has 1 saturated heterocycles. The Morgan fingerprint density at radius 2 is 2.08 bits per heavy atom. The van der Waals surface area contributed by atoms with Crippen molar-refractivity contribution in [1.29, 1.82) is 0 Å². The lowest BCUT2D eigenvalue weighted by Crippen LogP contribution is -2.31. The number of rotatable bonds is 6. The van der Waals surface area contributed by atoms with E-state index in [1.807, 2.05) is 30.3 Å². The summed E-state index contributed by atoms with van der Waals surface area (Å²) in [6.45, 7) is 0.422. The third-order valence-electron chi connectivity index (χ3n) is 3.86. The molecule has 1 aromatic carbocycles. The van der Waals surface area contributed by atoms with Gasteiger partial charge in [0, 0.05) is 20.1 Å². The van der Waals surface area contributed by atoms with Gasteiger partial charge in [0.05, 0.1) is 12.4 Å². The van der Waals surface area contributed by atoms with E-state index >= 15 is 0 Å². The van der Waals surface area contributed by atoms with Crippen LogP contribution in [-0.4, -0.2) is 48.9 Å². The minimum absolute atomic E-state index is 0.146.